The predicted octanol–water partition coefficient (Wildman–Crippen LogP) is 0.428. The summed E-state index contributed by atoms with van der Waals surface area (Å²) in [5.74, 6) is 0. The summed E-state index contributed by atoms with van der Waals surface area (Å²) in [5, 5.41) is 18.6. The van der Waals surface area contributed by atoms with Crippen LogP contribution in [0.4, 0.5) is 0 Å². The number of nitrogens with zero attached hydrogens (tertiary/aromatic N) is 3. The molecule has 4 heteroatoms. The molecule has 0 spiro atoms. The van der Waals surface area contributed by atoms with E-state index in [9.17, 15) is 5.11 Å². The van der Waals surface area contributed by atoms with Crippen molar-refractivity contribution in [3.8, 4) is 6.07 Å². The van der Waals surface area contributed by atoms with Crippen molar-refractivity contribution >= 4 is 0 Å². The Bertz CT molecular complexity index is 298. The zero-order valence-electron chi connectivity index (χ0n) is 10.3. The molecule has 0 radical (unpaired) electrons. The van der Waals surface area contributed by atoms with Crippen molar-refractivity contribution in [1.29, 1.82) is 5.26 Å². The molecule has 2 atom stereocenters. The van der Waals surface area contributed by atoms with Crippen LogP contribution in [-0.4, -0.2) is 58.3 Å². The Labute approximate surface area is 97.4 Å². The van der Waals surface area contributed by atoms with Crippen molar-refractivity contribution in [2.24, 2.45) is 0 Å². The van der Waals surface area contributed by atoms with Gasteiger partial charge in [-0.15, -0.1) is 0 Å². The van der Waals surface area contributed by atoms with Crippen LogP contribution in [0, 0.1) is 11.3 Å². The number of likely N-dealkylation sites (tertiary alicyclic amines) is 2. The third-order valence-electron chi connectivity index (χ3n) is 3.75. The summed E-state index contributed by atoms with van der Waals surface area (Å²) in [6.45, 7) is 9.35. The summed E-state index contributed by atoms with van der Waals surface area (Å²) < 4.78 is 0. The van der Waals surface area contributed by atoms with Gasteiger partial charge in [0.25, 0.3) is 0 Å². The van der Waals surface area contributed by atoms with Gasteiger partial charge in [-0.2, -0.15) is 5.26 Å². The van der Waals surface area contributed by atoms with E-state index in [2.05, 4.69) is 36.6 Å². The Hall–Kier alpha value is -0.630. The lowest BCUT2D eigenvalue weighted by Crippen LogP contribution is -2.65. The average molecular weight is 223 g/mol. The first-order chi connectivity index (χ1) is 7.41. The number of aliphatic hydroxyl groups is 1. The molecular weight excluding hydrogens is 202 g/mol. The minimum absolute atomic E-state index is 0.0814. The molecule has 2 saturated heterocycles. The van der Waals surface area contributed by atoms with E-state index in [0.29, 0.717) is 19.0 Å². The zero-order valence-corrected chi connectivity index (χ0v) is 10.3. The van der Waals surface area contributed by atoms with Crippen molar-refractivity contribution in [2.75, 3.05) is 19.6 Å². The minimum Gasteiger partial charge on any atom is -0.392 e. The summed E-state index contributed by atoms with van der Waals surface area (Å²) in [6.07, 6.45) is 0.302. The molecule has 90 valence electrons. The molecule has 2 fully saturated rings. The first kappa shape index (κ1) is 11.8. The molecular formula is C12H21N3O. The maximum absolute atomic E-state index is 9.59. The van der Waals surface area contributed by atoms with Crippen LogP contribution < -0.4 is 0 Å². The number of β-amino-alcohol motifs (C(OH)–C–C–N with tert-alkyl or cyclic N) is 1. The van der Waals surface area contributed by atoms with E-state index in [1.165, 1.54) is 0 Å². The monoisotopic (exact) mass is 223 g/mol. The SMILES string of the molecule is CC(C)(C)N1CC(N2C[C@H](O)C[C@H]2C#N)C1. The Kier molecular flexibility index (Phi) is 2.95. The van der Waals surface area contributed by atoms with Crippen molar-refractivity contribution in [1.82, 2.24) is 9.80 Å². The largest absolute Gasteiger partial charge is 0.392 e. The smallest absolute Gasteiger partial charge is 0.101 e. The molecule has 16 heavy (non-hydrogen) atoms. The van der Waals surface area contributed by atoms with Crippen molar-refractivity contribution < 1.29 is 5.11 Å². The minimum atomic E-state index is -0.312. The molecule has 0 saturated carbocycles. The third kappa shape index (κ3) is 2.08. The van der Waals surface area contributed by atoms with Crippen molar-refractivity contribution in [3.63, 3.8) is 0 Å². The van der Waals surface area contributed by atoms with E-state index in [0.717, 1.165) is 13.1 Å². The molecule has 2 rings (SSSR count). The van der Waals surface area contributed by atoms with Gasteiger partial charge in [-0.05, 0) is 20.8 Å². The van der Waals surface area contributed by atoms with Gasteiger partial charge in [-0.3, -0.25) is 9.80 Å². The van der Waals surface area contributed by atoms with E-state index in [-0.39, 0.29) is 17.7 Å². The number of hydrogen-bond acceptors (Lipinski definition) is 4. The van der Waals surface area contributed by atoms with Gasteiger partial charge in [-0.25, -0.2) is 0 Å². The van der Waals surface area contributed by atoms with Crippen LogP contribution in [0.3, 0.4) is 0 Å². The highest BCUT2D eigenvalue weighted by Gasteiger charge is 2.43. The van der Waals surface area contributed by atoms with E-state index in [4.69, 9.17) is 5.26 Å². The molecule has 0 aromatic carbocycles. The second-order valence-electron chi connectivity index (χ2n) is 5.96. The second-order valence-corrected chi connectivity index (χ2v) is 5.96. The summed E-state index contributed by atoms with van der Waals surface area (Å²) in [6, 6.07) is 2.67. The molecule has 4 nitrogen and oxygen atoms in total. The summed E-state index contributed by atoms with van der Waals surface area (Å²) in [4.78, 5) is 4.59. The zero-order chi connectivity index (χ0) is 11.9. The topological polar surface area (TPSA) is 50.5 Å². The van der Waals surface area contributed by atoms with Gasteiger partial charge in [-0.1, -0.05) is 0 Å². The Morgan fingerprint density at radius 1 is 1.25 bits per heavy atom. The molecule has 0 aromatic heterocycles. The molecule has 2 aliphatic rings. The second kappa shape index (κ2) is 3.99. The highest BCUT2D eigenvalue weighted by molar-refractivity contribution is 5.05. The van der Waals surface area contributed by atoms with Crippen LogP contribution in [0.1, 0.15) is 27.2 Å². The van der Waals surface area contributed by atoms with E-state index < -0.39 is 0 Å². The normalized spacial score (nSPS) is 33.7. The molecule has 2 heterocycles. The number of aliphatic hydroxyl groups excluding tert-OH is 1. The van der Waals surface area contributed by atoms with E-state index in [1.54, 1.807) is 0 Å². The lowest BCUT2D eigenvalue weighted by molar-refractivity contribution is -0.0236. The molecule has 2 aliphatic heterocycles. The van der Waals surface area contributed by atoms with Crippen LogP contribution in [0.15, 0.2) is 0 Å². The lowest BCUT2D eigenvalue weighted by Gasteiger charge is -2.51. The molecule has 0 bridgehead atoms. The van der Waals surface area contributed by atoms with Crippen molar-refractivity contribution in [3.05, 3.63) is 0 Å². The van der Waals surface area contributed by atoms with Gasteiger partial charge in [0, 0.05) is 37.6 Å². The number of nitriles is 1. The van der Waals surface area contributed by atoms with Crippen LogP contribution in [0.5, 0.6) is 0 Å². The Morgan fingerprint density at radius 3 is 2.38 bits per heavy atom. The molecule has 0 unspecified atom stereocenters. The van der Waals surface area contributed by atoms with Gasteiger partial charge >= 0.3 is 0 Å². The van der Waals surface area contributed by atoms with Crippen molar-refractivity contribution in [2.45, 2.75) is 50.9 Å². The molecule has 1 N–H and O–H groups in total. The van der Waals surface area contributed by atoms with Gasteiger partial charge in [0.1, 0.15) is 6.04 Å². The standard InChI is InChI=1S/C12H21N3O/c1-12(2,3)14-6-10(7-14)15-8-11(16)4-9(15)5-13/h9-11,16H,4,6-8H2,1-3H3/t9-,11+/m0/s1. The maximum atomic E-state index is 9.59. The van der Waals surface area contributed by atoms with E-state index >= 15 is 0 Å². The molecule has 0 amide bonds. The predicted molar refractivity (Wildman–Crippen MR) is 61.8 cm³/mol. The lowest BCUT2D eigenvalue weighted by atomic mass is 9.96. The van der Waals surface area contributed by atoms with Gasteiger partial charge in [0.05, 0.1) is 12.2 Å². The average Bonchev–Trinajstić information content (AvgIpc) is 2.41. The fourth-order valence-corrected chi connectivity index (χ4v) is 2.58. The van der Waals surface area contributed by atoms with Gasteiger partial charge in [0.15, 0.2) is 0 Å². The fraction of sp³-hybridized carbons (Fsp3) is 0.917. The van der Waals surface area contributed by atoms with Crippen LogP contribution >= 0.6 is 0 Å². The quantitative estimate of drug-likeness (QED) is 0.700. The van der Waals surface area contributed by atoms with Crippen LogP contribution in [0.2, 0.25) is 0 Å². The van der Waals surface area contributed by atoms with Crippen LogP contribution in [-0.2, 0) is 0 Å². The first-order valence-corrected chi connectivity index (χ1v) is 6.00. The Balaban J connectivity index is 1.90. The summed E-state index contributed by atoms with van der Waals surface area (Å²) in [5.41, 5.74) is 0.219. The molecule has 0 aliphatic carbocycles. The first-order valence-electron chi connectivity index (χ1n) is 6.00. The molecule has 0 aromatic rings. The third-order valence-corrected chi connectivity index (χ3v) is 3.75. The number of rotatable bonds is 1. The highest BCUT2D eigenvalue weighted by Crippen LogP contribution is 2.29. The number of hydrogen-bond donors (Lipinski definition) is 1. The van der Waals surface area contributed by atoms with E-state index in [1.807, 2.05) is 0 Å². The van der Waals surface area contributed by atoms with Gasteiger partial charge in [0.2, 0.25) is 0 Å². The van der Waals surface area contributed by atoms with Crippen LogP contribution in [0.25, 0.3) is 0 Å². The van der Waals surface area contributed by atoms with Gasteiger partial charge < -0.3 is 5.11 Å². The Morgan fingerprint density at radius 2 is 1.88 bits per heavy atom. The summed E-state index contributed by atoms with van der Waals surface area (Å²) >= 11 is 0. The summed E-state index contributed by atoms with van der Waals surface area (Å²) in [7, 11) is 0. The fourth-order valence-electron chi connectivity index (χ4n) is 2.58. The maximum Gasteiger partial charge on any atom is 0.101 e. The highest BCUT2D eigenvalue weighted by atomic mass is 16.3.